The van der Waals surface area contributed by atoms with Gasteiger partial charge in [0.05, 0.1) is 25.0 Å². The van der Waals surface area contributed by atoms with Crippen molar-refractivity contribution >= 4 is 58.4 Å². The smallest absolute Gasteiger partial charge is 0.293 e. The van der Waals surface area contributed by atoms with Crippen LogP contribution in [0.25, 0.3) is 6.08 Å². The van der Waals surface area contributed by atoms with Gasteiger partial charge in [-0.15, -0.1) is 11.3 Å². The molecule has 8 nitrogen and oxygen atoms in total. The summed E-state index contributed by atoms with van der Waals surface area (Å²) in [6.07, 6.45) is 1.84. The van der Waals surface area contributed by atoms with Gasteiger partial charge in [0.15, 0.2) is 15.5 Å². The maximum atomic E-state index is 12.7. The van der Waals surface area contributed by atoms with Gasteiger partial charge in [-0.1, -0.05) is 6.07 Å². The van der Waals surface area contributed by atoms with E-state index in [1.54, 1.807) is 24.3 Å². The molecule has 170 valence electrons. The first-order valence-corrected chi connectivity index (χ1v) is 11.9. The Bertz CT molecular complexity index is 1120. The summed E-state index contributed by atoms with van der Waals surface area (Å²) in [5, 5.41) is 2.38. The Morgan fingerprint density at radius 2 is 2.09 bits per heavy atom. The predicted molar refractivity (Wildman–Crippen MR) is 128 cm³/mol. The van der Waals surface area contributed by atoms with Gasteiger partial charge in [0.2, 0.25) is 5.91 Å². The molecule has 0 radical (unpaired) electrons. The van der Waals surface area contributed by atoms with Crippen molar-refractivity contribution < 1.29 is 23.9 Å². The first-order valence-electron chi connectivity index (χ1n) is 9.83. The zero-order chi connectivity index (χ0) is 23.3. The molecule has 0 spiro atoms. The number of ether oxygens (including phenoxy) is 2. The van der Waals surface area contributed by atoms with Gasteiger partial charge in [0, 0.05) is 23.7 Å². The van der Waals surface area contributed by atoms with Crippen molar-refractivity contribution in [2.45, 2.75) is 20.3 Å². The first kappa shape index (κ1) is 24.0. The summed E-state index contributed by atoms with van der Waals surface area (Å²) in [6, 6.07) is 5.30. The summed E-state index contributed by atoms with van der Waals surface area (Å²) in [6.45, 7) is 4.52. The van der Waals surface area contributed by atoms with Crippen LogP contribution in [0.4, 0.5) is 4.79 Å². The topological polar surface area (TPSA) is 101 Å². The summed E-state index contributed by atoms with van der Waals surface area (Å²) in [5.74, 6) is 0.573. The highest BCUT2D eigenvalue weighted by Crippen LogP contribution is 2.34. The molecule has 3 rings (SSSR count). The number of hydrogen-bond donors (Lipinski definition) is 2. The van der Waals surface area contributed by atoms with Crippen molar-refractivity contribution in [2.75, 3.05) is 26.8 Å². The van der Waals surface area contributed by atoms with E-state index in [9.17, 15) is 14.4 Å². The lowest BCUT2D eigenvalue weighted by Crippen LogP contribution is -2.37. The average molecular weight is 494 g/mol. The second-order valence-electron chi connectivity index (χ2n) is 6.77. The number of aryl methyl sites for hydroxylation is 1. The minimum absolute atomic E-state index is 0.0994. The van der Waals surface area contributed by atoms with Crippen molar-refractivity contribution in [2.24, 2.45) is 0 Å². The number of thiazole rings is 1. The number of aromatic amines is 1. The van der Waals surface area contributed by atoms with Crippen LogP contribution in [0.1, 0.15) is 23.1 Å². The number of benzene rings is 1. The highest BCUT2D eigenvalue weighted by molar-refractivity contribution is 8.18. The number of amides is 3. The molecule has 1 aromatic carbocycles. The number of thioether (sulfide) groups is 1. The molecule has 1 aliphatic rings. The lowest BCUT2D eigenvalue weighted by Gasteiger charge is -2.13. The van der Waals surface area contributed by atoms with Gasteiger partial charge in [0.25, 0.3) is 11.1 Å². The molecule has 1 saturated heterocycles. The number of hydrogen-bond acceptors (Lipinski definition) is 8. The molecule has 0 atom stereocenters. The van der Waals surface area contributed by atoms with Crippen molar-refractivity contribution in [1.82, 2.24) is 15.2 Å². The Morgan fingerprint density at radius 3 is 2.75 bits per heavy atom. The fourth-order valence-corrected chi connectivity index (χ4v) is 5.17. The van der Waals surface area contributed by atoms with Crippen LogP contribution in [0.3, 0.4) is 0 Å². The molecular formula is C21H23N3O5S3. The van der Waals surface area contributed by atoms with Gasteiger partial charge >= 0.3 is 0 Å². The van der Waals surface area contributed by atoms with Crippen molar-refractivity contribution in [1.29, 1.82) is 0 Å². The quantitative estimate of drug-likeness (QED) is 0.403. The molecule has 2 heterocycles. The van der Waals surface area contributed by atoms with E-state index in [0.717, 1.165) is 27.2 Å². The molecule has 1 fully saturated rings. The SMILES string of the molecule is CCOc1ccc(/C=C2/SC(=O)N(CCNC(=O)Cc3sc(=S)[nH]c3C)C2=O)cc1OC. The van der Waals surface area contributed by atoms with Crippen molar-refractivity contribution in [3.63, 3.8) is 0 Å². The number of carbonyl (C=O) groups is 3. The highest BCUT2D eigenvalue weighted by Gasteiger charge is 2.34. The van der Waals surface area contributed by atoms with E-state index in [1.807, 2.05) is 13.8 Å². The molecule has 2 aromatic rings. The van der Waals surface area contributed by atoms with E-state index in [2.05, 4.69) is 10.3 Å². The maximum absolute atomic E-state index is 12.7. The molecule has 3 amide bonds. The largest absolute Gasteiger partial charge is 0.493 e. The summed E-state index contributed by atoms with van der Waals surface area (Å²) in [5.41, 5.74) is 1.59. The van der Waals surface area contributed by atoms with E-state index in [4.69, 9.17) is 21.7 Å². The number of nitrogens with zero attached hydrogens (tertiary/aromatic N) is 1. The average Bonchev–Trinajstić information content (AvgIpc) is 3.20. The number of carbonyl (C=O) groups excluding carboxylic acids is 3. The third kappa shape index (κ3) is 5.78. The molecule has 0 bridgehead atoms. The van der Waals surface area contributed by atoms with Crippen LogP contribution in [0.2, 0.25) is 0 Å². The third-order valence-electron chi connectivity index (χ3n) is 4.56. The van der Waals surface area contributed by atoms with E-state index in [-0.39, 0.29) is 36.6 Å². The lowest BCUT2D eigenvalue weighted by molar-refractivity contribution is -0.124. The van der Waals surface area contributed by atoms with Gasteiger partial charge in [-0.05, 0) is 61.6 Å². The van der Waals surface area contributed by atoms with Crippen molar-refractivity contribution in [3.05, 3.63) is 43.2 Å². The molecule has 32 heavy (non-hydrogen) atoms. The van der Waals surface area contributed by atoms with E-state index < -0.39 is 0 Å². The number of methoxy groups -OCH3 is 1. The molecular weight excluding hydrogens is 470 g/mol. The summed E-state index contributed by atoms with van der Waals surface area (Å²) in [7, 11) is 1.54. The molecule has 1 aromatic heterocycles. The Kier molecular flexibility index (Phi) is 8.10. The number of nitrogens with one attached hydrogen (secondary N) is 2. The minimum atomic E-state index is -0.387. The Hall–Kier alpha value is -2.63. The Morgan fingerprint density at radius 1 is 1.31 bits per heavy atom. The van der Waals surface area contributed by atoms with E-state index in [0.29, 0.717) is 32.5 Å². The Labute approximate surface area is 199 Å². The Balaban J connectivity index is 1.59. The van der Waals surface area contributed by atoms with Gasteiger partial charge < -0.3 is 19.8 Å². The number of imide groups is 1. The van der Waals surface area contributed by atoms with Crippen molar-refractivity contribution in [3.8, 4) is 11.5 Å². The maximum Gasteiger partial charge on any atom is 0.293 e. The van der Waals surface area contributed by atoms with E-state index in [1.165, 1.54) is 18.4 Å². The van der Waals surface area contributed by atoms with Crippen LogP contribution >= 0.6 is 35.3 Å². The summed E-state index contributed by atoms with van der Waals surface area (Å²) < 4.78 is 11.4. The van der Waals surface area contributed by atoms with Crippen LogP contribution in [-0.4, -0.2) is 53.7 Å². The second-order valence-corrected chi connectivity index (χ2v) is 9.53. The van der Waals surface area contributed by atoms with Crippen LogP contribution in [0.5, 0.6) is 11.5 Å². The molecule has 1 aliphatic heterocycles. The van der Waals surface area contributed by atoms with Crippen LogP contribution in [-0.2, 0) is 16.0 Å². The third-order valence-corrected chi connectivity index (χ3v) is 6.81. The predicted octanol–water partition coefficient (Wildman–Crippen LogP) is 3.92. The van der Waals surface area contributed by atoms with E-state index >= 15 is 0 Å². The van der Waals surface area contributed by atoms with Gasteiger partial charge in [-0.25, -0.2) is 0 Å². The fraction of sp³-hybridized carbons (Fsp3) is 0.333. The van der Waals surface area contributed by atoms with Gasteiger partial charge in [-0.2, -0.15) is 0 Å². The first-order chi connectivity index (χ1) is 15.3. The molecule has 0 aliphatic carbocycles. The highest BCUT2D eigenvalue weighted by atomic mass is 32.2. The minimum Gasteiger partial charge on any atom is -0.493 e. The van der Waals surface area contributed by atoms with Crippen LogP contribution < -0.4 is 14.8 Å². The van der Waals surface area contributed by atoms with Crippen LogP contribution in [0, 0.1) is 10.9 Å². The zero-order valence-corrected chi connectivity index (χ0v) is 20.3. The number of rotatable bonds is 9. The normalized spacial score (nSPS) is 14.8. The van der Waals surface area contributed by atoms with Gasteiger partial charge in [-0.3, -0.25) is 19.3 Å². The summed E-state index contributed by atoms with van der Waals surface area (Å²) >= 11 is 7.31. The molecule has 2 N–H and O–H groups in total. The standard InChI is InChI=1S/C21H23N3O5S3/c1-4-29-14-6-5-13(9-15(14)28-3)10-17-19(26)24(21(27)32-17)8-7-22-18(25)11-16-12(2)23-20(30)31-16/h5-6,9-10H,4,7-8,11H2,1-3H3,(H,22,25)(H,23,30)/b17-10+. The van der Waals surface area contributed by atoms with Gasteiger partial charge in [0.1, 0.15) is 0 Å². The monoisotopic (exact) mass is 493 g/mol. The zero-order valence-electron chi connectivity index (χ0n) is 17.9. The van der Waals surface area contributed by atoms with Crippen LogP contribution in [0.15, 0.2) is 23.1 Å². The summed E-state index contributed by atoms with van der Waals surface area (Å²) in [4.78, 5) is 42.5. The molecule has 0 unspecified atom stereocenters. The number of H-pyrrole nitrogens is 1. The number of aromatic nitrogens is 1. The fourth-order valence-electron chi connectivity index (χ4n) is 3.01. The molecule has 0 saturated carbocycles. The second kappa shape index (κ2) is 10.8. The molecule has 11 heteroatoms. The lowest BCUT2D eigenvalue weighted by atomic mass is 10.2.